The van der Waals surface area contributed by atoms with Crippen molar-refractivity contribution in [3.05, 3.63) is 63.7 Å². The van der Waals surface area contributed by atoms with Crippen LogP contribution in [0.5, 0.6) is 6.01 Å². The van der Waals surface area contributed by atoms with E-state index < -0.39 is 0 Å². The van der Waals surface area contributed by atoms with Gasteiger partial charge in [-0.2, -0.15) is 15.2 Å². The predicted octanol–water partition coefficient (Wildman–Crippen LogP) is 5.16. The molecule has 43 heavy (non-hydrogen) atoms. The number of aromatic nitrogens is 2. The van der Waals surface area contributed by atoms with Crippen molar-refractivity contribution >= 4 is 55.7 Å². The molecule has 4 heterocycles. The van der Waals surface area contributed by atoms with E-state index >= 15 is 0 Å². The molecule has 2 saturated heterocycles. The molecule has 0 saturated carbocycles. The summed E-state index contributed by atoms with van der Waals surface area (Å²) in [6.07, 6.45) is 3.22. The number of rotatable bonds is 7. The summed E-state index contributed by atoms with van der Waals surface area (Å²) >= 11 is 9.93. The molecule has 9 nitrogen and oxygen atoms in total. The standard InChI is InChI=1S/C32H35BrClN7O2/c1-21(33)31(42)41-17-16-40(18-23(41)11-13-35)30-25-12-15-39(28-10-4-7-22-6-3-9-26(34)29(22)28)19-27(25)36-32(37-30)43-20-24-8-5-14-38(24)2/h3-4,6-7,9-10,23-24H,1,5,8,11-12,14-20H2,2H3/t23-,24-/m0/s1. The number of hydrogen-bond acceptors (Lipinski definition) is 8. The van der Waals surface area contributed by atoms with E-state index in [2.05, 4.69) is 74.6 Å². The van der Waals surface area contributed by atoms with Crippen LogP contribution in [-0.4, -0.2) is 84.1 Å². The van der Waals surface area contributed by atoms with Gasteiger partial charge in [0.05, 0.1) is 40.3 Å². The van der Waals surface area contributed by atoms with Crippen molar-refractivity contribution in [1.29, 1.82) is 5.26 Å². The molecule has 224 valence electrons. The highest BCUT2D eigenvalue weighted by Gasteiger charge is 2.34. The van der Waals surface area contributed by atoms with Gasteiger partial charge in [0.2, 0.25) is 0 Å². The van der Waals surface area contributed by atoms with Gasteiger partial charge in [-0.3, -0.25) is 4.79 Å². The van der Waals surface area contributed by atoms with Crippen LogP contribution < -0.4 is 14.5 Å². The zero-order valence-electron chi connectivity index (χ0n) is 24.3. The fourth-order valence-electron chi connectivity index (χ4n) is 6.57. The van der Waals surface area contributed by atoms with E-state index in [0.29, 0.717) is 49.3 Å². The van der Waals surface area contributed by atoms with Crippen LogP contribution in [-0.2, 0) is 17.8 Å². The number of benzene rings is 2. The fourth-order valence-corrected chi connectivity index (χ4v) is 7.08. The monoisotopic (exact) mass is 663 g/mol. The Morgan fingerprint density at radius 2 is 1.95 bits per heavy atom. The van der Waals surface area contributed by atoms with Crippen molar-refractivity contribution in [2.24, 2.45) is 0 Å². The molecule has 3 aliphatic heterocycles. The van der Waals surface area contributed by atoms with Crippen molar-refractivity contribution in [2.45, 2.75) is 44.3 Å². The Labute approximate surface area is 265 Å². The first kappa shape index (κ1) is 29.7. The molecular formula is C32H35BrClN7O2. The molecule has 1 aromatic heterocycles. The quantitative estimate of drug-likeness (QED) is 0.320. The predicted molar refractivity (Wildman–Crippen MR) is 173 cm³/mol. The van der Waals surface area contributed by atoms with Crippen molar-refractivity contribution < 1.29 is 9.53 Å². The van der Waals surface area contributed by atoms with Crippen LogP contribution in [0.2, 0.25) is 5.02 Å². The lowest BCUT2D eigenvalue weighted by Crippen LogP contribution is -2.55. The number of likely N-dealkylation sites (tertiary alicyclic amines) is 1. The number of amides is 1. The van der Waals surface area contributed by atoms with Gasteiger partial charge >= 0.3 is 6.01 Å². The molecule has 11 heteroatoms. The summed E-state index contributed by atoms with van der Waals surface area (Å²) in [6, 6.07) is 15.0. The molecule has 3 aromatic rings. The summed E-state index contributed by atoms with van der Waals surface area (Å²) < 4.78 is 6.58. The number of ether oxygens (including phenoxy) is 1. The molecule has 0 aliphatic carbocycles. The van der Waals surface area contributed by atoms with Crippen molar-refractivity contribution in [3.8, 4) is 12.1 Å². The number of carbonyl (C=O) groups excluding carboxylic acids is 1. The van der Waals surface area contributed by atoms with Crippen LogP contribution in [0.4, 0.5) is 11.5 Å². The molecule has 2 fully saturated rings. The topological polar surface area (TPSA) is 88.8 Å². The minimum absolute atomic E-state index is 0.182. The number of fused-ring (bicyclic) bond motifs is 2. The normalized spacial score (nSPS) is 20.7. The fraction of sp³-hybridized carbons (Fsp3) is 0.438. The van der Waals surface area contributed by atoms with Gasteiger partial charge in [-0.1, -0.05) is 42.4 Å². The minimum atomic E-state index is -0.277. The molecular weight excluding hydrogens is 630 g/mol. The Kier molecular flexibility index (Phi) is 8.75. The maximum atomic E-state index is 12.8. The third kappa shape index (κ3) is 6.03. The SMILES string of the molecule is C=C(Br)C(=O)N1CCN(c2nc(OC[C@@H]3CCCN3C)nc3c2CCN(c2cccc4cccc(Cl)c24)C3)C[C@@H]1CC#N. The second-order valence-electron chi connectivity index (χ2n) is 11.5. The summed E-state index contributed by atoms with van der Waals surface area (Å²) in [4.78, 5) is 31.4. The van der Waals surface area contributed by atoms with Gasteiger partial charge in [0, 0.05) is 48.9 Å². The molecule has 6 rings (SSSR count). The highest BCUT2D eigenvalue weighted by atomic mass is 79.9. The number of likely N-dealkylation sites (N-methyl/N-ethyl adjacent to an activating group) is 1. The van der Waals surface area contributed by atoms with Gasteiger partial charge < -0.3 is 24.3 Å². The van der Waals surface area contributed by atoms with Crippen LogP contribution in [0.3, 0.4) is 0 Å². The zero-order chi connectivity index (χ0) is 30.1. The first-order valence-electron chi connectivity index (χ1n) is 14.8. The first-order valence-corrected chi connectivity index (χ1v) is 15.9. The summed E-state index contributed by atoms with van der Waals surface area (Å²) in [7, 11) is 2.13. The minimum Gasteiger partial charge on any atom is -0.462 e. The van der Waals surface area contributed by atoms with Gasteiger partial charge in [-0.25, -0.2) is 0 Å². The summed E-state index contributed by atoms with van der Waals surface area (Å²) in [5, 5.41) is 12.4. The van der Waals surface area contributed by atoms with Crippen molar-refractivity contribution in [2.75, 3.05) is 56.2 Å². The Hall–Kier alpha value is -3.39. The summed E-state index contributed by atoms with van der Waals surface area (Å²) in [5.41, 5.74) is 3.10. The van der Waals surface area contributed by atoms with E-state index in [1.54, 1.807) is 4.90 Å². The molecule has 0 bridgehead atoms. The van der Waals surface area contributed by atoms with Gasteiger partial charge in [0.1, 0.15) is 12.4 Å². The smallest absolute Gasteiger partial charge is 0.318 e. The average Bonchev–Trinajstić information content (AvgIpc) is 3.43. The largest absolute Gasteiger partial charge is 0.462 e. The lowest BCUT2D eigenvalue weighted by Gasteiger charge is -2.42. The van der Waals surface area contributed by atoms with E-state index in [9.17, 15) is 10.1 Å². The first-order chi connectivity index (χ1) is 20.8. The number of hydrogen-bond donors (Lipinski definition) is 0. The lowest BCUT2D eigenvalue weighted by molar-refractivity contribution is -0.128. The highest BCUT2D eigenvalue weighted by molar-refractivity contribution is 9.12. The van der Waals surface area contributed by atoms with E-state index in [4.69, 9.17) is 26.3 Å². The molecule has 0 spiro atoms. The maximum Gasteiger partial charge on any atom is 0.318 e. The molecule has 0 unspecified atom stereocenters. The zero-order valence-corrected chi connectivity index (χ0v) is 26.6. The molecule has 0 radical (unpaired) electrons. The maximum absolute atomic E-state index is 12.8. The third-order valence-corrected chi connectivity index (χ3v) is 9.53. The van der Waals surface area contributed by atoms with Crippen molar-refractivity contribution in [1.82, 2.24) is 19.8 Å². The molecule has 2 aromatic carbocycles. The Morgan fingerprint density at radius 1 is 1.14 bits per heavy atom. The van der Waals surface area contributed by atoms with Crippen LogP contribution in [0.15, 0.2) is 47.5 Å². The number of nitrogens with zero attached hydrogens (tertiary/aromatic N) is 7. The van der Waals surface area contributed by atoms with Crippen LogP contribution >= 0.6 is 27.5 Å². The molecule has 0 N–H and O–H groups in total. The summed E-state index contributed by atoms with van der Waals surface area (Å²) in [5.74, 6) is 0.654. The molecule has 3 aliphatic rings. The lowest BCUT2D eigenvalue weighted by atomic mass is 10.0. The number of carbonyl (C=O) groups is 1. The second-order valence-corrected chi connectivity index (χ2v) is 12.9. The third-order valence-electron chi connectivity index (χ3n) is 8.87. The van der Waals surface area contributed by atoms with Gasteiger partial charge in [-0.15, -0.1) is 0 Å². The molecule has 1 amide bonds. The van der Waals surface area contributed by atoms with Gasteiger partial charge in [0.15, 0.2) is 0 Å². The van der Waals surface area contributed by atoms with Crippen LogP contribution in [0.1, 0.15) is 30.5 Å². The average molecular weight is 665 g/mol. The number of nitriles is 1. The number of anilines is 2. The Balaban J connectivity index is 1.34. The van der Waals surface area contributed by atoms with E-state index in [-0.39, 0.29) is 18.4 Å². The molecule has 2 atom stereocenters. The highest BCUT2D eigenvalue weighted by Crippen LogP contribution is 2.37. The van der Waals surface area contributed by atoms with Crippen molar-refractivity contribution in [3.63, 3.8) is 0 Å². The number of piperazine rings is 1. The van der Waals surface area contributed by atoms with Gasteiger partial charge in [0.25, 0.3) is 5.91 Å². The van der Waals surface area contributed by atoms with E-state index in [0.717, 1.165) is 70.9 Å². The van der Waals surface area contributed by atoms with Gasteiger partial charge in [-0.05, 0) is 66.3 Å². The van der Waals surface area contributed by atoms with Crippen LogP contribution in [0, 0.1) is 11.3 Å². The Morgan fingerprint density at radius 3 is 2.70 bits per heavy atom. The van der Waals surface area contributed by atoms with E-state index in [1.807, 2.05) is 12.1 Å². The Bertz CT molecular complexity index is 1590. The summed E-state index contributed by atoms with van der Waals surface area (Å²) in [6.45, 7) is 8.29. The number of halogens is 2. The second kappa shape index (κ2) is 12.7. The van der Waals surface area contributed by atoms with Crippen LogP contribution in [0.25, 0.3) is 10.8 Å². The van der Waals surface area contributed by atoms with E-state index in [1.165, 1.54) is 0 Å².